The molecule has 6 nitrogen and oxygen atoms in total. The molecule has 1 aliphatic rings. The van der Waals surface area contributed by atoms with Crippen molar-refractivity contribution in [1.82, 2.24) is 4.31 Å². The molecule has 0 radical (unpaired) electrons. The highest BCUT2D eigenvalue weighted by Gasteiger charge is 2.30. The molecule has 3 aromatic rings. The van der Waals surface area contributed by atoms with Gasteiger partial charge in [0.25, 0.3) is 0 Å². The predicted octanol–water partition coefficient (Wildman–Crippen LogP) is 5.44. The summed E-state index contributed by atoms with van der Waals surface area (Å²) in [6.45, 7) is 4.45. The number of aromatic carboxylic acids is 1. The summed E-state index contributed by atoms with van der Waals surface area (Å²) in [6, 6.07) is 16.3. The molecule has 4 rings (SSSR count). The molecule has 1 aliphatic heterocycles. The van der Waals surface area contributed by atoms with Gasteiger partial charge in [0.05, 0.1) is 16.4 Å². The number of carbonyl (C=O) groups is 1. The van der Waals surface area contributed by atoms with Crippen LogP contribution < -0.4 is 5.73 Å². The van der Waals surface area contributed by atoms with Gasteiger partial charge in [0.2, 0.25) is 10.0 Å². The Balaban J connectivity index is 0.000000202. The molecular weight excluding hydrogens is 493 g/mol. The monoisotopic (exact) mass is 520 g/mol. The molecule has 36 heavy (non-hydrogen) atoms. The summed E-state index contributed by atoms with van der Waals surface area (Å²) in [4.78, 5) is 11.0. The zero-order chi connectivity index (χ0) is 26.7. The quantitative estimate of drug-likeness (QED) is 0.447. The lowest BCUT2D eigenvalue weighted by atomic mass is 9.99. The molecular formula is C26H27F3N2O4S. The lowest BCUT2D eigenvalue weighted by Crippen LogP contribution is -2.39. The molecule has 0 saturated heterocycles. The number of carboxylic acids is 1. The lowest BCUT2D eigenvalue weighted by Gasteiger charge is -2.29. The fourth-order valence-electron chi connectivity index (χ4n) is 3.82. The van der Waals surface area contributed by atoms with Crippen LogP contribution in [0.5, 0.6) is 0 Å². The molecule has 0 aromatic heterocycles. The summed E-state index contributed by atoms with van der Waals surface area (Å²) in [7, 11) is -3.15. The highest BCUT2D eigenvalue weighted by atomic mass is 32.2. The van der Waals surface area contributed by atoms with Gasteiger partial charge in [-0.2, -0.15) is 17.5 Å². The van der Waals surface area contributed by atoms with Crippen molar-refractivity contribution in [3.05, 3.63) is 89.0 Å². The number of rotatable bonds is 4. The molecule has 192 valence electrons. The van der Waals surface area contributed by atoms with E-state index in [0.717, 1.165) is 29.8 Å². The smallest absolute Gasteiger partial charge is 0.416 e. The van der Waals surface area contributed by atoms with Crippen LogP contribution in [0.25, 0.3) is 11.1 Å². The maximum Gasteiger partial charge on any atom is 0.416 e. The zero-order valence-corrected chi connectivity index (χ0v) is 20.6. The molecule has 0 unspecified atom stereocenters. The first-order valence-corrected chi connectivity index (χ1v) is 12.7. The summed E-state index contributed by atoms with van der Waals surface area (Å²) >= 11 is 0. The summed E-state index contributed by atoms with van der Waals surface area (Å²) in [6.07, 6.45) is -3.66. The molecule has 0 aliphatic carbocycles. The number of hydrogen-bond acceptors (Lipinski definition) is 4. The van der Waals surface area contributed by atoms with Crippen LogP contribution in [0.15, 0.2) is 66.7 Å². The SMILES string of the molecule is CC(C)S(=O)(=O)N1CCc2cc(N)ccc2C1.O=C(O)c1ccccc1-c1ccc(C(F)(F)F)cc1. The zero-order valence-electron chi connectivity index (χ0n) is 19.8. The van der Waals surface area contributed by atoms with Gasteiger partial charge in [-0.25, -0.2) is 13.2 Å². The average molecular weight is 521 g/mol. The van der Waals surface area contributed by atoms with Gasteiger partial charge in [-0.15, -0.1) is 0 Å². The number of alkyl halides is 3. The van der Waals surface area contributed by atoms with Crippen LogP contribution in [0.1, 0.15) is 40.9 Å². The van der Waals surface area contributed by atoms with E-state index in [1.54, 1.807) is 36.4 Å². The Morgan fingerprint density at radius 3 is 2.22 bits per heavy atom. The Hall–Kier alpha value is -3.37. The fourth-order valence-corrected chi connectivity index (χ4v) is 5.08. The van der Waals surface area contributed by atoms with Crippen molar-refractivity contribution in [2.24, 2.45) is 0 Å². The van der Waals surface area contributed by atoms with Crippen LogP contribution in [0.3, 0.4) is 0 Å². The van der Waals surface area contributed by atoms with E-state index in [4.69, 9.17) is 10.8 Å². The second-order valence-corrected chi connectivity index (χ2v) is 11.1. The van der Waals surface area contributed by atoms with Crippen LogP contribution in [0.4, 0.5) is 18.9 Å². The third-order valence-corrected chi connectivity index (χ3v) is 8.07. The summed E-state index contributed by atoms with van der Waals surface area (Å²) < 4.78 is 63.0. The maximum atomic E-state index is 12.4. The Morgan fingerprint density at radius 1 is 1.00 bits per heavy atom. The first-order valence-electron chi connectivity index (χ1n) is 11.2. The van der Waals surface area contributed by atoms with E-state index < -0.39 is 27.7 Å². The number of sulfonamides is 1. The summed E-state index contributed by atoms with van der Waals surface area (Å²) in [5.74, 6) is -1.12. The van der Waals surface area contributed by atoms with E-state index in [9.17, 15) is 26.4 Å². The molecule has 0 atom stereocenters. The summed E-state index contributed by atoms with van der Waals surface area (Å²) in [5, 5.41) is 8.67. The van der Waals surface area contributed by atoms with E-state index in [-0.39, 0.29) is 10.8 Å². The van der Waals surface area contributed by atoms with Gasteiger partial charge in [0, 0.05) is 18.8 Å². The second-order valence-electron chi connectivity index (χ2n) is 8.63. The highest BCUT2D eigenvalue weighted by Crippen LogP contribution is 2.32. The number of fused-ring (bicyclic) bond motifs is 1. The van der Waals surface area contributed by atoms with Gasteiger partial charge in [-0.05, 0) is 72.9 Å². The van der Waals surface area contributed by atoms with Crippen molar-refractivity contribution < 1.29 is 31.5 Å². The minimum atomic E-state index is -4.40. The number of carboxylic acid groups (broad SMARTS) is 1. The van der Waals surface area contributed by atoms with Crippen LogP contribution in [-0.2, 0) is 29.2 Å². The van der Waals surface area contributed by atoms with Gasteiger partial charge in [0.15, 0.2) is 0 Å². The maximum absolute atomic E-state index is 12.4. The average Bonchev–Trinajstić information content (AvgIpc) is 2.83. The van der Waals surface area contributed by atoms with E-state index in [0.29, 0.717) is 24.2 Å². The van der Waals surface area contributed by atoms with Crippen molar-refractivity contribution in [1.29, 1.82) is 0 Å². The van der Waals surface area contributed by atoms with Crippen molar-refractivity contribution >= 4 is 21.7 Å². The van der Waals surface area contributed by atoms with Gasteiger partial charge in [-0.3, -0.25) is 0 Å². The third kappa shape index (κ3) is 6.24. The van der Waals surface area contributed by atoms with Crippen LogP contribution >= 0.6 is 0 Å². The minimum Gasteiger partial charge on any atom is -0.478 e. The molecule has 0 saturated carbocycles. The molecule has 10 heteroatoms. The summed E-state index contributed by atoms with van der Waals surface area (Å²) in [5.41, 5.74) is 8.82. The van der Waals surface area contributed by atoms with Gasteiger partial charge in [-0.1, -0.05) is 36.4 Å². The Labute approximate surface area is 208 Å². The van der Waals surface area contributed by atoms with Crippen molar-refractivity contribution in [2.75, 3.05) is 12.3 Å². The number of hydrogen-bond donors (Lipinski definition) is 2. The largest absolute Gasteiger partial charge is 0.478 e. The van der Waals surface area contributed by atoms with Crippen LogP contribution in [-0.4, -0.2) is 35.6 Å². The van der Waals surface area contributed by atoms with Gasteiger partial charge in [0.1, 0.15) is 0 Å². The number of benzene rings is 3. The fraction of sp³-hybridized carbons (Fsp3) is 0.269. The molecule has 3 N–H and O–H groups in total. The number of nitrogen functional groups attached to an aromatic ring is 1. The molecule has 3 aromatic carbocycles. The second kappa shape index (κ2) is 10.7. The number of halogens is 3. The Bertz CT molecular complexity index is 1340. The van der Waals surface area contributed by atoms with E-state index in [1.165, 1.54) is 23.8 Å². The highest BCUT2D eigenvalue weighted by molar-refractivity contribution is 7.89. The van der Waals surface area contributed by atoms with Crippen LogP contribution in [0, 0.1) is 0 Å². The Morgan fingerprint density at radius 2 is 1.64 bits per heavy atom. The van der Waals surface area contributed by atoms with E-state index in [2.05, 4.69) is 0 Å². The number of nitrogens with zero attached hydrogens (tertiary/aromatic N) is 1. The number of nitrogens with two attached hydrogens (primary N) is 1. The molecule has 0 spiro atoms. The standard InChI is InChI=1S/C14H9F3O2.C12H18N2O2S/c15-14(16,17)10-7-5-9(6-8-10)11-3-1-2-4-12(11)13(18)19;1-9(2)17(15,16)14-6-5-10-7-12(13)4-3-11(10)8-14/h1-8H,(H,18,19);3-4,7,9H,5-6,8,13H2,1-2H3. The van der Waals surface area contributed by atoms with Gasteiger partial charge < -0.3 is 10.8 Å². The first kappa shape index (κ1) is 27.2. The first-order chi connectivity index (χ1) is 16.8. The molecule has 0 amide bonds. The third-order valence-electron chi connectivity index (χ3n) is 5.84. The number of anilines is 1. The molecule has 0 fully saturated rings. The van der Waals surface area contributed by atoms with E-state index >= 15 is 0 Å². The topological polar surface area (TPSA) is 101 Å². The molecule has 0 bridgehead atoms. The minimum absolute atomic E-state index is 0.0576. The Kier molecular flexibility index (Phi) is 8.10. The van der Waals surface area contributed by atoms with Gasteiger partial charge >= 0.3 is 12.1 Å². The van der Waals surface area contributed by atoms with E-state index in [1.807, 2.05) is 18.2 Å². The van der Waals surface area contributed by atoms with Crippen molar-refractivity contribution in [3.63, 3.8) is 0 Å². The van der Waals surface area contributed by atoms with Crippen molar-refractivity contribution in [2.45, 2.75) is 38.2 Å². The molecule has 1 heterocycles. The predicted molar refractivity (Wildman–Crippen MR) is 133 cm³/mol. The lowest BCUT2D eigenvalue weighted by molar-refractivity contribution is -0.137. The van der Waals surface area contributed by atoms with Crippen LogP contribution in [0.2, 0.25) is 0 Å². The normalized spacial score (nSPS) is 14.1. The van der Waals surface area contributed by atoms with Crippen molar-refractivity contribution in [3.8, 4) is 11.1 Å².